The molecule has 0 unspecified atom stereocenters. The average molecular weight is 186 g/mol. The van der Waals surface area contributed by atoms with Crippen molar-refractivity contribution in [3.63, 3.8) is 0 Å². The third-order valence-electron chi connectivity index (χ3n) is 0.287. The summed E-state index contributed by atoms with van der Waals surface area (Å²) >= 11 is 0. The fourth-order valence-corrected chi connectivity index (χ4v) is 0.142. The van der Waals surface area contributed by atoms with Gasteiger partial charge in [-0.05, 0) is 6.92 Å². The Kier molecular flexibility index (Phi) is 19.4. The fraction of sp³-hybridized carbons (Fsp3) is 0.750. The fourth-order valence-electron chi connectivity index (χ4n) is 0.142. The summed E-state index contributed by atoms with van der Waals surface area (Å²) < 4.78 is 4.18. The van der Waals surface area contributed by atoms with Gasteiger partial charge >= 0.3 is 6.09 Å². The minimum atomic E-state index is -0.711. The van der Waals surface area contributed by atoms with E-state index >= 15 is 0 Å². The highest BCUT2D eigenvalue weighted by atomic mass is 79.9. The first-order valence-electron chi connectivity index (χ1n) is 1.69. The Bertz CT molecular complexity index is 58.0. The topological polar surface area (TPSA) is 52.3 Å². The summed E-state index contributed by atoms with van der Waals surface area (Å²) in [5.74, 6) is 0. The first-order chi connectivity index (χ1) is 2.77. The second-order valence-corrected chi connectivity index (χ2v) is 0.752. The molecule has 8 heavy (non-hydrogen) atoms. The summed E-state index contributed by atoms with van der Waals surface area (Å²) in [5, 5.41) is 0. The lowest BCUT2D eigenvalue weighted by Gasteiger charge is -1.89. The van der Waals surface area contributed by atoms with Gasteiger partial charge in [-0.2, -0.15) is 0 Å². The first-order valence-corrected chi connectivity index (χ1v) is 1.69. The van der Waals surface area contributed by atoms with Crippen molar-refractivity contribution in [3.05, 3.63) is 0 Å². The summed E-state index contributed by atoms with van der Waals surface area (Å²) in [5.41, 5.74) is 4.54. The summed E-state index contributed by atoms with van der Waals surface area (Å²) in [6.45, 7) is 2.06. The third-order valence-corrected chi connectivity index (χ3v) is 0.287. The van der Waals surface area contributed by atoms with Crippen molar-refractivity contribution in [2.24, 2.45) is 5.73 Å². The van der Waals surface area contributed by atoms with E-state index in [4.69, 9.17) is 0 Å². The van der Waals surface area contributed by atoms with E-state index in [1.807, 2.05) is 0 Å². The van der Waals surface area contributed by atoms with Crippen LogP contribution in [0.2, 0.25) is 0 Å². The number of hydrogen-bond acceptors (Lipinski definition) is 2. The molecule has 0 aromatic carbocycles. The molecular weight excluding hydrogens is 174 g/mol. The van der Waals surface area contributed by atoms with Crippen LogP contribution < -0.4 is 5.73 Å². The van der Waals surface area contributed by atoms with Crippen LogP contribution in [-0.2, 0) is 4.74 Å². The smallest absolute Gasteiger partial charge is 0.404 e. The van der Waals surface area contributed by atoms with Gasteiger partial charge in [-0.3, -0.25) is 0 Å². The van der Waals surface area contributed by atoms with Gasteiger partial charge < -0.3 is 10.5 Å². The molecule has 0 bridgehead atoms. The van der Waals surface area contributed by atoms with Crippen LogP contribution in [0.1, 0.15) is 14.4 Å². The molecule has 2 N–H and O–H groups in total. The molecule has 0 aliphatic rings. The van der Waals surface area contributed by atoms with Gasteiger partial charge in [-0.1, -0.05) is 7.43 Å². The molecule has 0 spiro atoms. The minimum Gasteiger partial charge on any atom is -0.450 e. The second kappa shape index (κ2) is 9.89. The average Bonchev–Trinajstić information content (AvgIpc) is 1.35. The monoisotopic (exact) mass is 185 g/mol. The highest BCUT2D eigenvalue weighted by Gasteiger charge is 1.82. The van der Waals surface area contributed by atoms with Crippen molar-refractivity contribution < 1.29 is 9.53 Å². The van der Waals surface area contributed by atoms with Gasteiger partial charge in [0.25, 0.3) is 0 Å². The SMILES string of the molecule is Br.C.CCOC(N)=O. The van der Waals surface area contributed by atoms with Crippen molar-refractivity contribution in [1.29, 1.82) is 0 Å². The van der Waals surface area contributed by atoms with Gasteiger partial charge in [-0.15, -0.1) is 17.0 Å². The Hall–Kier alpha value is -0.250. The number of primary amides is 1. The normalized spacial score (nSPS) is 5.62. The molecule has 0 rings (SSSR count). The van der Waals surface area contributed by atoms with Crippen LogP contribution in [-0.4, -0.2) is 12.7 Å². The third kappa shape index (κ3) is 17.2. The van der Waals surface area contributed by atoms with Crippen LogP contribution in [0.15, 0.2) is 0 Å². The van der Waals surface area contributed by atoms with Crippen molar-refractivity contribution in [1.82, 2.24) is 0 Å². The first kappa shape index (κ1) is 15.7. The van der Waals surface area contributed by atoms with E-state index in [-0.39, 0.29) is 24.4 Å². The van der Waals surface area contributed by atoms with Crippen LogP contribution in [0.4, 0.5) is 4.79 Å². The molecule has 0 radical (unpaired) electrons. The van der Waals surface area contributed by atoms with E-state index in [2.05, 4.69) is 10.5 Å². The van der Waals surface area contributed by atoms with Gasteiger partial charge in [0.15, 0.2) is 0 Å². The second-order valence-electron chi connectivity index (χ2n) is 0.752. The maximum Gasteiger partial charge on any atom is 0.404 e. The Morgan fingerprint density at radius 2 is 2.12 bits per heavy atom. The maximum atomic E-state index is 9.60. The molecule has 0 fully saturated rings. The summed E-state index contributed by atoms with van der Waals surface area (Å²) in [4.78, 5) is 9.60. The van der Waals surface area contributed by atoms with Gasteiger partial charge in [0.05, 0.1) is 6.61 Å². The van der Waals surface area contributed by atoms with Crippen molar-refractivity contribution in [3.8, 4) is 0 Å². The highest BCUT2D eigenvalue weighted by molar-refractivity contribution is 8.93. The van der Waals surface area contributed by atoms with Crippen LogP contribution in [0.3, 0.4) is 0 Å². The number of amides is 1. The zero-order valence-electron chi connectivity index (χ0n) is 4.01. The van der Waals surface area contributed by atoms with E-state index in [0.29, 0.717) is 6.61 Å². The highest BCUT2D eigenvalue weighted by Crippen LogP contribution is 1.66. The van der Waals surface area contributed by atoms with E-state index in [1.54, 1.807) is 6.92 Å². The Labute approximate surface area is 60.0 Å². The molecule has 3 nitrogen and oxygen atoms in total. The Morgan fingerprint density at radius 1 is 1.75 bits per heavy atom. The van der Waals surface area contributed by atoms with Crippen molar-refractivity contribution >= 4 is 23.1 Å². The predicted molar refractivity (Wildman–Crippen MR) is 38.3 cm³/mol. The number of carbonyl (C=O) groups excluding carboxylic acids is 1. The van der Waals surface area contributed by atoms with Crippen LogP contribution in [0.25, 0.3) is 0 Å². The molecule has 0 aromatic heterocycles. The number of hydrogen-bond donors (Lipinski definition) is 1. The zero-order chi connectivity index (χ0) is 4.99. The molecule has 4 heteroatoms. The maximum absolute atomic E-state index is 9.60. The molecule has 0 aliphatic carbocycles. The largest absolute Gasteiger partial charge is 0.450 e. The van der Waals surface area contributed by atoms with E-state index in [0.717, 1.165) is 0 Å². The quantitative estimate of drug-likeness (QED) is 0.671. The van der Waals surface area contributed by atoms with Crippen molar-refractivity contribution in [2.45, 2.75) is 14.4 Å². The molecule has 1 amide bonds. The minimum absolute atomic E-state index is 0. The summed E-state index contributed by atoms with van der Waals surface area (Å²) in [6, 6.07) is 0. The number of halogens is 1. The number of rotatable bonds is 1. The van der Waals surface area contributed by atoms with E-state index in [9.17, 15) is 4.79 Å². The van der Waals surface area contributed by atoms with Crippen molar-refractivity contribution in [2.75, 3.05) is 6.61 Å². The van der Waals surface area contributed by atoms with Crippen LogP contribution >= 0.6 is 17.0 Å². The van der Waals surface area contributed by atoms with Gasteiger partial charge in [0.2, 0.25) is 0 Å². The lowest BCUT2D eigenvalue weighted by Crippen LogP contribution is -2.11. The van der Waals surface area contributed by atoms with E-state index in [1.165, 1.54) is 0 Å². The summed E-state index contributed by atoms with van der Waals surface area (Å²) in [7, 11) is 0. The molecule has 0 saturated heterocycles. The van der Waals surface area contributed by atoms with Crippen LogP contribution in [0.5, 0.6) is 0 Å². The van der Waals surface area contributed by atoms with Gasteiger partial charge in [0.1, 0.15) is 0 Å². The summed E-state index contributed by atoms with van der Waals surface area (Å²) in [6.07, 6.45) is -0.711. The molecule has 0 atom stereocenters. The Morgan fingerprint density at radius 3 is 2.12 bits per heavy atom. The van der Waals surface area contributed by atoms with Crippen LogP contribution in [0, 0.1) is 0 Å². The lowest BCUT2D eigenvalue weighted by molar-refractivity contribution is 0.163. The predicted octanol–water partition coefficient (Wildman–Crippen LogP) is 1.32. The zero-order valence-corrected chi connectivity index (χ0v) is 5.72. The standard InChI is InChI=1S/C3H7NO2.CH4.BrH/c1-2-6-3(4)5;;/h2H2,1H3,(H2,4,5);1H4;1H. The molecule has 52 valence electrons. The number of ether oxygens (including phenoxy) is 1. The van der Waals surface area contributed by atoms with Gasteiger partial charge in [-0.25, -0.2) is 4.79 Å². The number of carbonyl (C=O) groups is 1. The molecule has 0 aromatic rings. The molecule has 0 saturated carbocycles. The lowest BCUT2D eigenvalue weighted by atomic mass is 10.9. The molecule has 0 heterocycles. The molecule has 0 aliphatic heterocycles. The Balaban J connectivity index is -0.000000125. The molecular formula is C4H12BrNO2. The number of nitrogens with two attached hydrogens (primary N) is 1. The van der Waals surface area contributed by atoms with Gasteiger partial charge in [0, 0.05) is 0 Å². The van der Waals surface area contributed by atoms with E-state index < -0.39 is 6.09 Å².